The van der Waals surface area contributed by atoms with Gasteiger partial charge in [-0.2, -0.15) is 4.31 Å². The van der Waals surface area contributed by atoms with Gasteiger partial charge in [-0.3, -0.25) is 0 Å². The Hall–Kier alpha value is -1.66. The second-order valence-corrected chi connectivity index (χ2v) is 6.45. The van der Waals surface area contributed by atoms with E-state index in [-0.39, 0.29) is 4.90 Å². The van der Waals surface area contributed by atoms with E-state index in [0.29, 0.717) is 24.1 Å². The molecule has 0 spiro atoms. The molecule has 1 aliphatic rings. The molecule has 0 N–H and O–H groups in total. The summed E-state index contributed by atoms with van der Waals surface area (Å²) in [5, 5.41) is 0.611. The highest BCUT2D eigenvalue weighted by atomic mass is 32.2. The van der Waals surface area contributed by atoms with E-state index in [1.165, 1.54) is 10.4 Å². The van der Waals surface area contributed by atoms with Gasteiger partial charge in [-0.25, -0.2) is 13.2 Å². The maximum atomic E-state index is 12.4. The Morgan fingerprint density at radius 2 is 1.79 bits per heavy atom. The molecule has 2 aromatic rings. The lowest BCUT2D eigenvalue weighted by Crippen LogP contribution is -2.31. The predicted octanol–water partition coefficient (Wildman–Crippen LogP) is 1.58. The number of benzene rings is 1. The van der Waals surface area contributed by atoms with Gasteiger partial charge < -0.3 is 4.42 Å². The van der Waals surface area contributed by atoms with E-state index < -0.39 is 15.6 Å². The van der Waals surface area contributed by atoms with Crippen LogP contribution in [-0.2, 0) is 10.0 Å². The average molecular weight is 279 g/mol. The van der Waals surface area contributed by atoms with Crippen molar-refractivity contribution in [3.8, 4) is 0 Å². The molecule has 2 heterocycles. The first-order valence-corrected chi connectivity index (χ1v) is 7.56. The third-order valence-corrected chi connectivity index (χ3v) is 5.18. The highest BCUT2D eigenvalue weighted by molar-refractivity contribution is 7.89. The van der Waals surface area contributed by atoms with Gasteiger partial charge in [-0.1, -0.05) is 18.2 Å². The summed E-state index contributed by atoms with van der Waals surface area (Å²) in [4.78, 5) is 11.6. The minimum atomic E-state index is -3.73. The van der Waals surface area contributed by atoms with Gasteiger partial charge in [-0.15, -0.1) is 0 Å². The van der Waals surface area contributed by atoms with Crippen molar-refractivity contribution in [1.29, 1.82) is 0 Å². The summed E-state index contributed by atoms with van der Waals surface area (Å²) in [6.07, 6.45) is 1.66. The molecular weight excluding hydrogens is 266 g/mol. The number of fused-ring (bicyclic) bond motifs is 1. The second-order valence-electron chi connectivity index (χ2n) is 4.55. The standard InChI is InChI=1S/C13H13NO4S/c15-13-12(19(16,17)14-7-3-4-8-14)9-10-5-1-2-6-11(10)18-13/h1-2,5-6,9H,3-4,7-8H2. The first-order valence-electron chi connectivity index (χ1n) is 6.12. The Kier molecular flexibility index (Phi) is 2.91. The largest absolute Gasteiger partial charge is 0.422 e. The minimum Gasteiger partial charge on any atom is -0.422 e. The molecular formula is C13H13NO4S. The third-order valence-electron chi connectivity index (χ3n) is 3.29. The van der Waals surface area contributed by atoms with Gasteiger partial charge in [0, 0.05) is 18.5 Å². The minimum absolute atomic E-state index is 0.270. The van der Waals surface area contributed by atoms with E-state index in [1.807, 2.05) is 0 Å². The molecule has 0 bridgehead atoms. The van der Waals surface area contributed by atoms with Crippen LogP contribution in [0.4, 0.5) is 0 Å². The summed E-state index contributed by atoms with van der Waals surface area (Å²) < 4.78 is 31.1. The van der Waals surface area contributed by atoms with Crippen LogP contribution in [0.2, 0.25) is 0 Å². The van der Waals surface area contributed by atoms with Gasteiger partial charge in [0.25, 0.3) is 0 Å². The fourth-order valence-corrected chi connectivity index (χ4v) is 3.84. The number of para-hydroxylation sites is 1. The Morgan fingerprint density at radius 1 is 1.11 bits per heavy atom. The van der Waals surface area contributed by atoms with Gasteiger partial charge in [0.1, 0.15) is 5.58 Å². The van der Waals surface area contributed by atoms with Crippen LogP contribution in [0.25, 0.3) is 11.0 Å². The summed E-state index contributed by atoms with van der Waals surface area (Å²) in [7, 11) is -3.73. The molecule has 1 saturated heterocycles. The van der Waals surface area contributed by atoms with Crippen molar-refractivity contribution >= 4 is 21.0 Å². The van der Waals surface area contributed by atoms with Crippen LogP contribution in [0.3, 0.4) is 0 Å². The lowest BCUT2D eigenvalue weighted by Gasteiger charge is -2.14. The summed E-state index contributed by atoms with van der Waals surface area (Å²) in [6.45, 7) is 0.934. The summed E-state index contributed by atoms with van der Waals surface area (Å²) in [6, 6.07) is 8.27. The molecule has 100 valence electrons. The number of sulfonamides is 1. The van der Waals surface area contributed by atoms with Crippen molar-refractivity contribution in [1.82, 2.24) is 4.31 Å². The maximum absolute atomic E-state index is 12.4. The lowest BCUT2D eigenvalue weighted by atomic mass is 10.2. The van der Waals surface area contributed by atoms with Crippen LogP contribution in [0, 0.1) is 0 Å². The van der Waals surface area contributed by atoms with Crippen molar-refractivity contribution < 1.29 is 12.8 Å². The van der Waals surface area contributed by atoms with Gasteiger partial charge >= 0.3 is 5.63 Å². The van der Waals surface area contributed by atoms with E-state index in [9.17, 15) is 13.2 Å². The molecule has 0 saturated carbocycles. The fraction of sp³-hybridized carbons (Fsp3) is 0.308. The predicted molar refractivity (Wildman–Crippen MR) is 70.5 cm³/mol. The van der Waals surface area contributed by atoms with Crippen LogP contribution in [-0.4, -0.2) is 25.8 Å². The van der Waals surface area contributed by atoms with E-state index >= 15 is 0 Å². The van der Waals surface area contributed by atoms with E-state index in [0.717, 1.165) is 12.8 Å². The Morgan fingerprint density at radius 3 is 2.53 bits per heavy atom. The van der Waals surface area contributed by atoms with Gasteiger partial charge in [0.15, 0.2) is 4.90 Å². The zero-order chi connectivity index (χ0) is 13.5. The lowest BCUT2D eigenvalue weighted by molar-refractivity contribution is 0.467. The number of rotatable bonds is 2. The van der Waals surface area contributed by atoms with Crippen molar-refractivity contribution in [2.75, 3.05) is 13.1 Å². The molecule has 1 aromatic heterocycles. The smallest absolute Gasteiger partial charge is 0.356 e. The second kappa shape index (κ2) is 4.47. The maximum Gasteiger partial charge on any atom is 0.356 e. The molecule has 0 radical (unpaired) electrons. The monoisotopic (exact) mass is 279 g/mol. The van der Waals surface area contributed by atoms with Crippen LogP contribution in [0.5, 0.6) is 0 Å². The summed E-state index contributed by atoms with van der Waals surface area (Å²) >= 11 is 0. The zero-order valence-corrected chi connectivity index (χ0v) is 11.0. The molecule has 0 amide bonds. The first kappa shape index (κ1) is 12.4. The highest BCUT2D eigenvalue weighted by Crippen LogP contribution is 2.21. The molecule has 0 atom stereocenters. The van der Waals surface area contributed by atoms with Crippen LogP contribution < -0.4 is 5.63 Å². The molecule has 19 heavy (non-hydrogen) atoms. The average Bonchev–Trinajstić information content (AvgIpc) is 2.92. The molecule has 1 aromatic carbocycles. The van der Waals surface area contributed by atoms with Gasteiger partial charge in [-0.05, 0) is 25.0 Å². The SMILES string of the molecule is O=c1oc2ccccc2cc1S(=O)(=O)N1CCCC1. The summed E-state index contributed by atoms with van der Waals surface area (Å²) in [5.74, 6) is 0. The molecule has 6 heteroatoms. The summed E-state index contributed by atoms with van der Waals surface area (Å²) in [5.41, 5.74) is -0.404. The number of nitrogens with zero attached hydrogens (tertiary/aromatic N) is 1. The van der Waals surface area contributed by atoms with E-state index in [2.05, 4.69) is 0 Å². The molecule has 5 nitrogen and oxygen atoms in total. The highest BCUT2D eigenvalue weighted by Gasteiger charge is 2.30. The van der Waals surface area contributed by atoms with E-state index in [4.69, 9.17) is 4.42 Å². The van der Waals surface area contributed by atoms with Gasteiger partial charge in [0.05, 0.1) is 0 Å². The van der Waals surface area contributed by atoms with Crippen molar-refractivity contribution in [2.24, 2.45) is 0 Å². The zero-order valence-electron chi connectivity index (χ0n) is 10.2. The van der Waals surface area contributed by atoms with Crippen molar-refractivity contribution in [3.05, 3.63) is 40.8 Å². The van der Waals surface area contributed by atoms with Crippen LogP contribution in [0.1, 0.15) is 12.8 Å². The Balaban J connectivity index is 2.19. The number of hydrogen-bond acceptors (Lipinski definition) is 4. The fourth-order valence-electron chi connectivity index (χ4n) is 2.29. The topological polar surface area (TPSA) is 67.6 Å². The first-order chi connectivity index (χ1) is 9.09. The number of hydrogen-bond donors (Lipinski definition) is 0. The Labute approximate surface area is 110 Å². The molecule has 0 aliphatic carbocycles. The van der Waals surface area contributed by atoms with Gasteiger partial charge in [0.2, 0.25) is 10.0 Å². The van der Waals surface area contributed by atoms with Crippen molar-refractivity contribution in [2.45, 2.75) is 17.7 Å². The molecule has 0 unspecified atom stereocenters. The normalized spacial score (nSPS) is 17.1. The van der Waals surface area contributed by atoms with Crippen LogP contribution >= 0.6 is 0 Å². The van der Waals surface area contributed by atoms with E-state index in [1.54, 1.807) is 24.3 Å². The molecule has 1 fully saturated rings. The Bertz CT molecular complexity index is 773. The van der Waals surface area contributed by atoms with Crippen LogP contribution in [0.15, 0.2) is 44.4 Å². The quantitative estimate of drug-likeness (QED) is 0.783. The van der Waals surface area contributed by atoms with Crippen molar-refractivity contribution in [3.63, 3.8) is 0 Å². The molecule has 1 aliphatic heterocycles. The third kappa shape index (κ3) is 2.06. The molecule has 3 rings (SSSR count).